The molecule has 3 nitrogen and oxygen atoms in total. The summed E-state index contributed by atoms with van der Waals surface area (Å²) in [5.74, 6) is 1.16. The van der Waals surface area contributed by atoms with E-state index in [2.05, 4.69) is 31.9 Å². The van der Waals surface area contributed by atoms with Crippen molar-refractivity contribution in [3.05, 3.63) is 50.7 Å². The lowest BCUT2D eigenvalue weighted by Crippen LogP contribution is -1.94. The summed E-state index contributed by atoms with van der Waals surface area (Å²) in [6.07, 6.45) is 0. The third-order valence-corrected chi connectivity index (χ3v) is 3.86. The Hall–Kier alpha value is -1.11. The summed E-state index contributed by atoms with van der Waals surface area (Å²) in [6, 6.07) is 7.48. The molecule has 2 aromatic rings. The van der Waals surface area contributed by atoms with E-state index in [1.165, 1.54) is 18.2 Å². The molecule has 0 bridgehead atoms. The second kappa shape index (κ2) is 6.56. The third kappa shape index (κ3) is 3.31. The van der Waals surface area contributed by atoms with Crippen LogP contribution in [0.4, 0.5) is 4.39 Å². The van der Waals surface area contributed by atoms with Crippen LogP contribution in [0.5, 0.6) is 17.2 Å². The summed E-state index contributed by atoms with van der Waals surface area (Å²) in [5, 5.41) is 9.24. The predicted octanol–water partition coefficient (Wildman–Crippen LogP) is 4.64. The van der Waals surface area contributed by atoms with Crippen LogP contribution in [0.25, 0.3) is 0 Å². The molecule has 2 rings (SSSR count). The Morgan fingerprint density at radius 1 is 1.05 bits per heavy atom. The van der Waals surface area contributed by atoms with E-state index >= 15 is 0 Å². The summed E-state index contributed by atoms with van der Waals surface area (Å²) in [7, 11) is 1.57. The van der Waals surface area contributed by atoms with Crippen LogP contribution >= 0.6 is 31.9 Å². The lowest BCUT2D eigenvalue weighted by molar-refractivity contribution is 0.275. The molecule has 0 saturated heterocycles. The number of hydrogen-bond donors (Lipinski definition) is 1. The minimum Gasteiger partial charge on any atom is -0.496 e. The number of aliphatic hydroxyl groups excluding tert-OH is 1. The molecule has 6 heteroatoms. The van der Waals surface area contributed by atoms with Gasteiger partial charge in [-0.1, -0.05) is 0 Å². The molecule has 0 aliphatic heterocycles. The first kappa shape index (κ1) is 15.3. The van der Waals surface area contributed by atoms with Crippen LogP contribution < -0.4 is 9.47 Å². The maximum absolute atomic E-state index is 13.1. The van der Waals surface area contributed by atoms with Crippen LogP contribution in [0, 0.1) is 5.82 Å². The number of benzene rings is 2. The molecule has 0 fully saturated rings. The van der Waals surface area contributed by atoms with Crippen molar-refractivity contribution in [1.82, 2.24) is 0 Å². The molecule has 0 saturated carbocycles. The third-order valence-electron chi connectivity index (χ3n) is 2.62. The Kier molecular flexibility index (Phi) is 5.01. The fourth-order valence-corrected chi connectivity index (χ4v) is 2.52. The van der Waals surface area contributed by atoms with Crippen molar-refractivity contribution in [2.24, 2.45) is 0 Å². The SMILES string of the molecule is COc1cc(Br)c(Oc2ccc(F)cc2CO)cc1Br. The van der Waals surface area contributed by atoms with E-state index in [-0.39, 0.29) is 6.61 Å². The van der Waals surface area contributed by atoms with Gasteiger partial charge in [0.2, 0.25) is 0 Å². The molecule has 1 N–H and O–H groups in total. The quantitative estimate of drug-likeness (QED) is 0.804. The van der Waals surface area contributed by atoms with Crippen molar-refractivity contribution in [2.75, 3.05) is 7.11 Å². The summed E-state index contributed by atoms with van der Waals surface area (Å²) < 4.78 is 25.4. The van der Waals surface area contributed by atoms with Crippen molar-refractivity contribution < 1.29 is 19.0 Å². The average molecular weight is 406 g/mol. The van der Waals surface area contributed by atoms with Crippen molar-refractivity contribution in [1.29, 1.82) is 0 Å². The molecule has 0 spiro atoms. The largest absolute Gasteiger partial charge is 0.496 e. The molecular formula is C14H11Br2FO3. The van der Waals surface area contributed by atoms with Gasteiger partial charge < -0.3 is 14.6 Å². The normalized spacial score (nSPS) is 10.4. The molecule has 0 amide bonds. The van der Waals surface area contributed by atoms with Gasteiger partial charge in [-0.2, -0.15) is 0 Å². The van der Waals surface area contributed by atoms with Gasteiger partial charge in [0.1, 0.15) is 23.1 Å². The van der Waals surface area contributed by atoms with Crippen molar-refractivity contribution in [2.45, 2.75) is 6.61 Å². The maximum Gasteiger partial charge on any atom is 0.143 e. The van der Waals surface area contributed by atoms with Crippen molar-refractivity contribution in [3.63, 3.8) is 0 Å². The van der Waals surface area contributed by atoms with E-state index in [0.29, 0.717) is 27.3 Å². The van der Waals surface area contributed by atoms with Crippen LogP contribution in [0.15, 0.2) is 39.3 Å². The van der Waals surface area contributed by atoms with Gasteiger partial charge in [0.05, 0.1) is 22.7 Å². The number of aliphatic hydroxyl groups is 1. The number of methoxy groups -OCH3 is 1. The lowest BCUT2D eigenvalue weighted by atomic mass is 10.2. The zero-order valence-corrected chi connectivity index (χ0v) is 13.7. The lowest BCUT2D eigenvalue weighted by Gasteiger charge is -2.13. The molecule has 0 aromatic heterocycles. The molecular weight excluding hydrogens is 395 g/mol. The summed E-state index contributed by atoms with van der Waals surface area (Å²) in [5.41, 5.74) is 0.379. The molecule has 0 heterocycles. The van der Waals surface area contributed by atoms with Crippen LogP contribution in [-0.2, 0) is 6.61 Å². The highest BCUT2D eigenvalue weighted by atomic mass is 79.9. The van der Waals surface area contributed by atoms with Gasteiger partial charge in [0.25, 0.3) is 0 Å². The fourth-order valence-electron chi connectivity index (χ4n) is 1.63. The highest BCUT2D eigenvalue weighted by Gasteiger charge is 2.11. The highest BCUT2D eigenvalue weighted by Crippen LogP contribution is 2.38. The average Bonchev–Trinajstić information content (AvgIpc) is 2.44. The fraction of sp³-hybridized carbons (Fsp3) is 0.143. The second-order valence-electron chi connectivity index (χ2n) is 3.93. The van der Waals surface area contributed by atoms with E-state index in [0.717, 1.165) is 4.47 Å². The minimum absolute atomic E-state index is 0.304. The Morgan fingerprint density at radius 3 is 2.35 bits per heavy atom. The molecule has 0 aliphatic rings. The van der Waals surface area contributed by atoms with Gasteiger partial charge in [0.15, 0.2) is 0 Å². The van der Waals surface area contributed by atoms with Crippen LogP contribution in [-0.4, -0.2) is 12.2 Å². The molecule has 0 atom stereocenters. The predicted molar refractivity (Wildman–Crippen MR) is 80.8 cm³/mol. The van der Waals surface area contributed by atoms with Gasteiger partial charge in [0, 0.05) is 5.56 Å². The molecule has 20 heavy (non-hydrogen) atoms. The summed E-state index contributed by atoms with van der Waals surface area (Å²) in [4.78, 5) is 0. The van der Waals surface area contributed by atoms with E-state index < -0.39 is 5.82 Å². The number of rotatable bonds is 4. The topological polar surface area (TPSA) is 38.7 Å². The van der Waals surface area contributed by atoms with Crippen LogP contribution in [0.1, 0.15) is 5.56 Å². The summed E-state index contributed by atoms with van der Waals surface area (Å²) in [6.45, 7) is -0.304. The number of halogens is 3. The Bertz CT molecular complexity index is 632. The maximum atomic E-state index is 13.1. The smallest absolute Gasteiger partial charge is 0.143 e. The Morgan fingerprint density at radius 2 is 1.70 bits per heavy atom. The van der Waals surface area contributed by atoms with Crippen LogP contribution in [0.3, 0.4) is 0 Å². The Labute approximate surface area is 132 Å². The molecule has 0 radical (unpaired) electrons. The second-order valence-corrected chi connectivity index (χ2v) is 5.64. The van der Waals surface area contributed by atoms with Crippen molar-refractivity contribution >= 4 is 31.9 Å². The van der Waals surface area contributed by atoms with Gasteiger partial charge in [-0.3, -0.25) is 0 Å². The minimum atomic E-state index is -0.420. The number of hydrogen-bond acceptors (Lipinski definition) is 3. The first-order chi connectivity index (χ1) is 9.55. The van der Waals surface area contributed by atoms with E-state index in [1.54, 1.807) is 19.2 Å². The van der Waals surface area contributed by atoms with E-state index in [9.17, 15) is 9.50 Å². The van der Waals surface area contributed by atoms with E-state index in [4.69, 9.17) is 9.47 Å². The molecule has 0 unspecified atom stereocenters. The van der Waals surface area contributed by atoms with Gasteiger partial charge in [-0.15, -0.1) is 0 Å². The molecule has 106 valence electrons. The summed E-state index contributed by atoms with van der Waals surface area (Å²) >= 11 is 6.74. The molecule has 0 aliphatic carbocycles. The van der Waals surface area contributed by atoms with Gasteiger partial charge >= 0.3 is 0 Å². The Balaban J connectivity index is 2.37. The van der Waals surface area contributed by atoms with Crippen LogP contribution in [0.2, 0.25) is 0 Å². The zero-order chi connectivity index (χ0) is 14.7. The first-order valence-corrected chi connectivity index (χ1v) is 7.24. The van der Waals surface area contributed by atoms with Gasteiger partial charge in [-0.05, 0) is 62.2 Å². The van der Waals surface area contributed by atoms with Crippen molar-refractivity contribution in [3.8, 4) is 17.2 Å². The monoisotopic (exact) mass is 404 g/mol. The standard InChI is InChI=1S/C14H11Br2FO3/c1-19-13-5-11(16)14(6-10(13)15)20-12-3-2-9(17)4-8(12)7-18/h2-6,18H,7H2,1H3. The first-order valence-electron chi connectivity index (χ1n) is 5.65. The van der Waals surface area contributed by atoms with E-state index in [1.807, 2.05) is 0 Å². The highest BCUT2D eigenvalue weighted by molar-refractivity contribution is 9.11. The zero-order valence-electron chi connectivity index (χ0n) is 10.5. The number of ether oxygens (including phenoxy) is 2. The molecule has 2 aromatic carbocycles. The van der Waals surface area contributed by atoms with Gasteiger partial charge in [-0.25, -0.2) is 4.39 Å².